The van der Waals surface area contributed by atoms with Gasteiger partial charge in [-0.2, -0.15) is 0 Å². The van der Waals surface area contributed by atoms with E-state index < -0.39 is 36.4 Å². The van der Waals surface area contributed by atoms with Gasteiger partial charge in [0.25, 0.3) is 0 Å². The first-order chi connectivity index (χ1) is 7.69. The largest absolute Gasteiger partial charge is 0.481 e. The standard InChI is InChI=1S/C6H8O7.C2H8N2.CH4/c7-3(8)1-6(13,5(11)12)2-4(9)10;3-1-2-4;/h13H,1-2H2,(H,7,8)(H,9,10)(H,11,12);1-4H2;1H4. The summed E-state index contributed by atoms with van der Waals surface area (Å²) in [4.78, 5) is 30.5. The molecule has 0 spiro atoms. The van der Waals surface area contributed by atoms with Crippen molar-refractivity contribution in [1.29, 1.82) is 0 Å². The minimum atomic E-state index is -2.74. The fraction of sp³-hybridized carbons (Fsp3) is 0.667. The molecule has 0 bridgehead atoms. The van der Waals surface area contributed by atoms with Crippen molar-refractivity contribution in [2.75, 3.05) is 13.1 Å². The van der Waals surface area contributed by atoms with E-state index in [1.54, 1.807) is 0 Å². The first-order valence-electron chi connectivity index (χ1n) is 4.49. The zero-order valence-electron chi connectivity index (χ0n) is 9.00. The van der Waals surface area contributed by atoms with Gasteiger partial charge in [0.2, 0.25) is 0 Å². The molecule has 0 saturated carbocycles. The Bertz CT molecular complexity index is 262. The Morgan fingerprint density at radius 1 is 0.889 bits per heavy atom. The molecule has 9 nitrogen and oxygen atoms in total. The molecular formula is C9H20N2O7. The molecule has 0 aromatic rings. The van der Waals surface area contributed by atoms with Gasteiger partial charge in [-0.25, -0.2) is 4.79 Å². The Kier molecular flexibility index (Phi) is 12.5. The molecule has 0 saturated heterocycles. The molecule has 0 unspecified atom stereocenters. The summed E-state index contributed by atoms with van der Waals surface area (Å²) in [6.07, 6.45) is -2.29. The zero-order chi connectivity index (χ0) is 14.1. The molecule has 18 heavy (non-hydrogen) atoms. The van der Waals surface area contributed by atoms with E-state index in [9.17, 15) is 14.4 Å². The molecule has 0 aliphatic carbocycles. The zero-order valence-corrected chi connectivity index (χ0v) is 9.00. The van der Waals surface area contributed by atoms with Gasteiger partial charge in [0.1, 0.15) is 0 Å². The van der Waals surface area contributed by atoms with E-state index in [0.29, 0.717) is 13.1 Å². The van der Waals surface area contributed by atoms with Gasteiger partial charge in [0.15, 0.2) is 5.60 Å². The second-order valence-corrected chi connectivity index (χ2v) is 3.06. The van der Waals surface area contributed by atoms with E-state index in [2.05, 4.69) is 0 Å². The van der Waals surface area contributed by atoms with Crippen molar-refractivity contribution < 1.29 is 34.8 Å². The summed E-state index contributed by atoms with van der Waals surface area (Å²) in [5.41, 5.74) is 7.07. The minimum Gasteiger partial charge on any atom is -0.481 e. The second kappa shape index (κ2) is 10.4. The number of carboxylic acids is 3. The van der Waals surface area contributed by atoms with Gasteiger partial charge in [-0.05, 0) is 0 Å². The van der Waals surface area contributed by atoms with Gasteiger partial charge in [0.05, 0.1) is 12.8 Å². The molecule has 9 heteroatoms. The molecule has 108 valence electrons. The molecule has 0 heterocycles. The quantitative estimate of drug-likeness (QED) is 0.326. The fourth-order valence-electron chi connectivity index (χ4n) is 0.714. The van der Waals surface area contributed by atoms with Crippen LogP contribution in [0.3, 0.4) is 0 Å². The van der Waals surface area contributed by atoms with Gasteiger partial charge in [-0.3, -0.25) is 9.59 Å². The molecule has 0 aliphatic heterocycles. The maximum absolute atomic E-state index is 10.3. The highest BCUT2D eigenvalue weighted by molar-refractivity contribution is 5.88. The maximum Gasteiger partial charge on any atom is 0.336 e. The summed E-state index contributed by atoms with van der Waals surface area (Å²) in [5.74, 6) is -5.02. The lowest BCUT2D eigenvalue weighted by Gasteiger charge is -2.18. The fourth-order valence-corrected chi connectivity index (χ4v) is 0.714. The predicted octanol–water partition coefficient (Wildman–Crippen LogP) is -1.71. The number of hydrogen-bond donors (Lipinski definition) is 6. The lowest BCUT2D eigenvalue weighted by Crippen LogP contribution is -2.42. The Labute approximate surface area is 104 Å². The molecule has 0 aromatic carbocycles. The van der Waals surface area contributed by atoms with Crippen molar-refractivity contribution in [2.24, 2.45) is 11.5 Å². The second-order valence-electron chi connectivity index (χ2n) is 3.06. The molecule has 8 N–H and O–H groups in total. The summed E-state index contributed by atoms with van der Waals surface area (Å²) in [5, 5.41) is 33.8. The van der Waals surface area contributed by atoms with Gasteiger partial charge in [-0.15, -0.1) is 0 Å². The normalized spacial score (nSPS) is 9.50. The monoisotopic (exact) mass is 268 g/mol. The highest BCUT2D eigenvalue weighted by atomic mass is 16.4. The molecule has 0 aromatic heterocycles. The summed E-state index contributed by atoms with van der Waals surface area (Å²) < 4.78 is 0. The van der Waals surface area contributed by atoms with E-state index in [4.69, 9.17) is 31.9 Å². The molecule has 0 amide bonds. The van der Waals surface area contributed by atoms with Crippen molar-refractivity contribution in [3.8, 4) is 0 Å². The van der Waals surface area contributed by atoms with E-state index in [-0.39, 0.29) is 7.43 Å². The van der Waals surface area contributed by atoms with Crippen molar-refractivity contribution in [3.63, 3.8) is 0 Å². The third kappa shape index (κ3) is 10.8. The smallest absolute Gasteiger partial charge is 0.336 e. The first-order valence-corrected chi connectivity index (χ1v) is 4.49. The van der Waals surface area contributed by atoms with Crippen LogP contribution in [0.2, 0.25) is 0 Å². The lowest BCUT2D eigenvalue weighted by atomic mass is 9.96. The molecule has 0 aliphatic rings. The van der Waals surface area contributed by atoms with E-state index in [0.717, 1.165) is 0 Å². The number of carbonyl (C=O) groups is 3. The van der Waals surface area contributed by atoms with Gasteiger partial charge >= 0.3 is 17.9 Å². The Balaban J connectivity index is -0.000000392. The highest BCUT2D eigenvalue weighted by Crippen LogP contribution is 2.15. The van der Waals surface area contributed by atoms with Crippen LogP contribution in [-0.4, -0.2) is 57.0 Å². The molecule has 0 fully saturated rings. The van der Waals surface area contributed by atoms with Crippen molar-refractivity contribution in [2.45, 2.75) is 25.9 Å². The number of aliphatic carboxylic acids is 3. The Hall–Kier alpha value is -1.71. The summed E-state index contributed by atoms with van der Waals surface area (Å²) >= 11 is 0. The highest BCUT2D eigenvalue weighted by Gasteiger charge is 2.40. The van der Waals surface area contributed by atoms with Crippen molar-refractivity contribution in [3.05, 3.63) is 0 Å². The molecular weight excluding hydrogens is 248 g/mol. The van der Waals surface area contributed by atoms with Crippen LogP contribution in [0, 0.1) is 0 Å². The summed E-state index contributed by atoms with van der Waals surface area (Å²) in [6.45, 7) is 1.19. The van der Waals surface area contributed by atoms with E-state index in [1.807, 2.05) is 0 Å². The third-order valence-electron chi connectivity index (χ3n) is 1.45. The van der Waals surface area contributed by atoms with Crippen LogP contribution in [0.5, 0.6) is 0 Å². The van der Waals surface area contributed by atoms with Crippen LogP contribution in [0.15, 0.2) is 0 Å². The van der Waals surface area contributed by atoms with Gasteiger partial charge < -0.3 is 31.9 Å². The van der Waals surface area contributed by atoms with Crippen molar-refractivity contribution in [1.82, 2.24) is 0 Å². The van der Waals surface area contributed by atoms with Crippen LogP contribution in [-0.2, 0) is 14.4 Å². The van der Waals surface area contributed by atoms with Crippen LogP contribution in [0.25, 0.3) is 0 Å². The van der Waals surface area contributed by atoms with Crippen molar-refractivity contribution >= 4 is 17.9 Å². The van der Waals surface area contributed by atoms with Gasteiger partial charge in [0, 0.05) is 13.1 Å². The first kappa shape index (κ1) is 21.6. The molecule has 0 rings (SSSR count). The number of hydrogen-bond acceptors (Lipinski definition) is 6. The lowest BCUT2D eigenvalue weighted by molar-refractivity contribution is -0.170. The minimum absolute atomic E-state index is 0. The SMILES string of the molecule is C.NCCN.O=C(O)CC(O)(CC(=O)O)C(=O)O. The Morgan fingerprint density at radius 3 is 1.28 bits per heavy atom. The topological polar surface area (TPSA) is 184 Å². The average molecular weight is 268 g/mol. The van der Waals surface area contributed by atoms with Crippen LogP contribution >= 0.6 is 0 Å². The predicted molar refractivity (Wildman–Crippen MR) is 61.9 cm³/mol. The number of carboxylic acid groups (broad SMARTS) is 3. The summed E-state index contributed by atoms with van der Waals surface area (Å²) in [7, 11) is 0. The van der Waals surface area contributed by atoms with Crippen LogP contribution < -0.4 is 11.5 Å². The van der Waals surface area contributed by atoms with Gasteiger partial charge in [-0.1, -0.05) is 7.43 Å². The van der Waals surface area contributed by atoms with E-state index >= 15 is 0 Å². The number of rotatable bonds is 6. The number of aliphatic hydroxyl groups is 1. The Morgan fingerprint density at radius 2 is 1.17 bits per heavy atom. The molecule has 0 atom stereocenters. The maximum atomic E-state index is 10.3. The van der Waals surface area contributed by atoms with Crippen LogP contribution in [0.1, 0.15) is 20.3 Å². The van der Waals surface area contributed by atoms with E-state index in [1.165, 1.54) is 0 Å². The molecule has 0 radical (unpaired) electrons. The average Bonchev–Trinajstić information content (AvgIpc) is 2.15. The third-order valence-corrected chi connectivity index (χ3v) is 1.45. The summed E-state index contributed by atoms with van der Waals surface area (Å²) in [6, 6.07) is 0. The number of nitrogens with two attached hydrogens (primary N) is 2. The van der Waals surface area contributed by atoms with Crippen LogP contribution in [0.4, 0.5) is 0 Å².